The molecule has 1 aliphatic rings. The highest BCUT2D eigenvalue weighted by atomic mass is 16.5. The molecular weight excluding hydrogens is 246 g/mol. The Hall–Kier alpha value is -2.26. The molecule has 0 aliphatic carbocycles. The van der Waals surface area contributed by atoms with Gasteiger partial charge in [-0.15, -0.1) is 0 Å². The molecule has 1 aromatic carbocycles. The fourth-order valence-corrected chi connectivity index (χ4v) is 1.93. The van der Waals surface area contributed by atoms with E-state index in [4.69, 9.17) is 15.1 Å². The molecule has 6 heteroatoms. The monoisotopic (exact) mass is 261 g/mol. The molecule has 6 nitrogen and oxygen atoms in total. The lowest BCUT2D eigenvalue weighted by atomic mass is 10.2. The Balaban J connectivity index is 1.84. The van der Waals surface area contributed by atoms with Crippen molar-refractivity contribution in [2.45, 2.75) is 6.04 Å². The molecule has 19 heavy (non-hydrogen) atoms. The largest absolute Gasteiger partial charge is 0.492 e. The van der Waals surface area contributed by atoms with Crippen molar-refractivity contribution >= 4 is 6.09 Å². The molecule has 0 aromatic heterocycles. The van der Waals surface area contributed by atoms with E-state index in [2.05, 4.69) is 5.32 Å². The Kier molecular flexibility index (Phi) is 4.21. The molecule has 100 valence electrons. The summed E-state index contributed by atoms with van der Waals surface area (Å²) in [5.74, 6) is 0.674. The number of benzene rings is 1. The number of nitriles is 1. The first-order chi connectivity index (χ1) is 9.19. The second-order valence-electron chi connectivity index (χ2n) is 4.33. The summed E-state index contributed by atoms with van der Waals surface area (Å²) < 4.78 is 5.58. The van der Waals surface area contributed by atoms with Gasteiger partial charge in [0.05, 0.1) is 17.7 Å². The smallest absolute Gasteiger partial charge is 0.407 e. The molecule has 0 radical (unpaired) electrons. The van der Waals surface area contributed by atoms with Crippen LogP contribution in [0, 0.1) is 11.3 Å². The van der Waals surface area contributed by atoms with Crippen molar-refractivity contribution in [2.75, 3.05) is 26.2 Å². The maximum absolute atomic E-state index is 10.9. The van der Waals surface area contributed by atoms with Crippen LogP contribution in [0.25, 0.3) is 0 Å². The first-order valence-corrected chi connectivity index (χ1v) is 6.03. The predicted molar refractivity (Wildman–Crippen MR) is 68.0 cm³/mol. The third-order valence-electron chi connectivity index (χ3n) is 2.96. The van der Waals surface area contributed by atoms with Gasteiger partial charge in [0.1, 0.15) is 12.4 Å². The zero-order valence-corrected chi connectivity index (χ0v) is 10.4. The molecule has 1 aliphatic heterocycles. The highest BCUT2D eigenvalue weighted by Gasteiger charge is 2.22. The van der Waals surface area contributed by atoms with Crippen molar-refractivity contribution in [3.05, 3.63) is 29.8 Å². The highest BCUT2D eigenvalue weighted by molar-refractivity contribution is 5.65. The van der Waals surface area contributed by atoms with Crippen molar-refractivity contribution in [3.63, 3.8) is 0 Å². The summed E-state index contributed by atoms with van der Waals surface area (Å²) in [6, 6.07) is 8.86. The lowest BCUT2D eigenvalue weighted by Gasteiger charge is -2.31. The van der Waals surface area contributed by atoms with Crippen LogP contribution in [0.4, 0.5) is 4.79 Å². The van der Waals surface area contributed by atoms with Crippen LogP contribution < -0.4 is 10.1 Å². The average molecular weight is 261 g/mol. The minimum absolute atomic E-state index is 0.0134. The number of amides is 1. The van der Waals surface area contributed by atoms with E-state index >= 15 is 0 Å². The Labute approximate surface area is 111 Å². The van der Waals surface area contributed by atoms with Crippen molar-refractivity contribution in [2.24, 2.45) is 0 Å². The highest BCUT2D eigenvalue weighted by Crippen LogP contribution is 2.12. The van der Waals surface area contributed by atoms with Crippen LogP contribution in [0.5, 0.6) is 5.75 Å². The van der Waals surface area contributed by atoms with Crippen molar-refractivity contribution in [3.8, 4) is 11.8 Å². The van der Waals surface area contributed by atoms with Crippen LogP contribution in [-0.2, 0) is 0 Å². The maximum atomic E-state index is 10.9. The van der Waals surface area contributed by atoms with E-state index in [1.54, 1.807) is 24.3 Å². The number of nitrogens with zero attached hydrogens (tertiary/aromatic N) is 2. The molecule has 1 aromatic rings. The summed E-state index contributed by atoms with van der Waals surface area (Å²) in [4.78, 5) is 12.2. The summed E-state index contributed by atoms with van der Waals surface area (Å²) in [6.45, 7) is 1.96. The van der Waals surface area contributed by atoms with E-state index in [0.717, 1.165) is 0 Å². The van der Waals surface area contributed by atoms with Gasteiger partial charge in [0.2, 0.25) is 0 Å². The van der Waals surface area contributed by atoms with Gasteiger partial charge in [-0.2, -0.15) is 5.26 Å². The molecule has 1 fully saturated rings. The summed E-state index contributed by atoms with van der Waals surface area (Å²) in [6.07, 6.45) is -0.898. The predicted octanol–water partition coefficient (Wildman–Crippen LogP) is 0.889. The van der Waals surface area contributed by atoms with E-state index in [1.807, 2.05) is 6.07 Å². The Morgan fingerprint density at radius 2 is 2.26 bits per heavy atom. The molecule has 1 saturated heterocycles. The van der Waals surface area contributed by atoms with Crippen LogP contribution in [0.3, 0.4) is 0 Å². The minimum Gasteiger partial charge on any atom is -0.492 e. The van der Waals surface area contributed by atoms with Crippen LogP contribution in [-0.4, -0.2) is 48.4 Å². The number of piperazine rings is 1. The Morgan fingerprint density at radius 3 is 2.89 bits per heavy atom. The lowest BCUT2D eigenvalue weighted by molar-refractivity contribution is 0.118. The van der Waals surface area contributed by atoms with Gasteiger partial charge >= 0.3 is 6.09 Å². The van der Waals surface area contributed by atoms with Gasteiger partial charge in [-0.05, 0) is 24.3 Å². The van der Waals surface area contributed by atoms with Gasteiger partial charge in [0.25, 0.3) is 0 Å². The van der Waals surface area contributed by atoms with Crippen LogP contribution in [0.2, 0.25) is 0 Å². The minimum atomic E-state index is -0.898. The SMILES string of the molecule is N#Cc1ccc(OC[C@@H]2CN(C(=O)O)CCN2)cc1. The molecule has 2 N–H and O–H groups in total. The average Bonchev–Trinajstić information content (AvgIpc) is 2.46. The number of nitrogens with one attached hydrogen (secondary N) is 1. The van der Waals surface area contributed by atoms with Crippen LogP contribution in [0.15, 0.2) is 24.3 Å². The van der Waals surface area contributed by atoms with Gasteiger partial charge in [-0.1, -0.05) is 0 Å². The van der Waals surface area contributed by atoms with Crippen molar-refractivity contribution in [1.82, 2.24) is 10.2 Å². The summed E-state index contributed by atoms with van der Waals surface area (Å²) >= 11 is 0. The molecule has 2 rings (SSSR count). The zero-order valence-electron chi connectivity index (χ0n) is 10.4. The second kappa shape index (κ2) is 6.07. The van der Waals surface area contributed by atoms with Gasteiger partial charge in [0, 0.05) is 19.6 Å². The zero-order chi connectivity index (χ0) is 13.7. The van der Waals surface area contributed by atoms with Gasteiger partial charge < -0.3 is 20.1 Å². The third-order valence-corrected chi connectivity index (χ3v) is 2.96. The van der Waals surface area contributed by atoms with Crippen LogP contribution >= 0.6 is 0 Å². The topological polar surface area (TPSA) is 85.6 Å². The quantitative estimate of drug-likeness (QED) is 0.844. The number of ether oxygens (including phenoxy) is 1. The number of carboxylic acid groups (broad SMARTS) is 1. The third kappa shape index (κ3) is 3.60. The molecule has 1 heterocycles. The van der Waals surface area contributed by atoms with Crippen LogP contribution in [0.1, 0.15) is 5.56 Å². The van der Waals surface area contributed by atoms with Crippen molar-refractivity contribution < 1.29 is 14.6 Å². The number of hydrogen-bond donors (Lipinski definition) is 2. The summed E-state index contributed by atoms with van der Waals surface area (Å²) in [5, 5.41) is 20.8. The van der Waals surface area contributed by atoms with Crippen molar-refractivity contribution in [1.29, 1.82) is 5.26 Å². The Bertz CT molecular complexity index is 481. The van der Waals surface area contributed by atoms with E-state index in [-0.39, 0.29) is 6.04 Å². The molecule has 1 amide bonds. The second-order valence-corrected chi connectivity index (χ2v) is 4.33. The molecule has 0 unspecified atom stereocenters. The van der Waals surface area contributed by atoms with E-state index < -0.39 is 6.09 Å². The standard InChI is InChI=1S/C13H15N3O3/c14-7-10-1-3-12(4-2-10)19-9-11-8-16(13(17)18)6-5-15-11/h1-4,11,15H,5-6,8-9H2,(H,17,18)/t11-/m0/s1. The first kappa shape index (κ1) is 13.2. The molecule has 0 saturated carbocycles. The summed E-state index contributed by atoms with van der Waals surface area (Å²) in [7, 11) is 0. The van der Waals surface area contributed by atoms with E-state index in [9.17, 15) is 4.79 Å². The molecule has 0 bridgehead atoms. The number of hydrogen-bond acceptors (Lipinski definition) is 4. The Morgan fingerprint density at radius 1 is 1.53 bits per heavy atom. The van der Waals surface area contributed by atoms with E-state index in [1.165, 1.54) is 4.90 Å². The van der Waals surface area contributed by atoms with Gasteiger partial charge in [0.15, 0.2) is 0 Å². The molecule has 1 atom stereocenters. The van der Waals surface area contributed by atoms with E-state index in [0.29, 0.717) is 37.6 Å². The number of carbonyl (C=O) groups is 1. The first-order valence-electron chi connectivity index (χ1n) is 6.03. The number of rotatable bonds is 3. The normalized spacial score (nSPS) is 18.7. The molecular formula is C13H15N3O3. The van der Waals surface area contributed by atoms with Gasteiger partial charge in [-0.3, -0.25) is 0 Å². The lowest BCUT2D eigenvalue weighted by Crippen LogP contribution is -2.54. The molecule has 0 spiro atoms. The fourth-order valence-electron chi connectivity index (χ4n) is 1.93. The van der Waals surface area contributed by atoms with Gasteiger partial charge in [-0.25, -0.2) is 4.79 Å². The fraction of sp³-hybridized carbons (Fsp3) is 0.385. The maximum Gasteiger partial charge on any atom is 0.407 e. The summed E-state index contributed by atoms with van der Waals surface area (Å²) in [5.41, 5.74) is 0.584.